The molecule has 0 aliphatic carbocycles. The highest BCUT2D eigenvalue weighted by Crippen LogP contribution is 2.35. The number of anilines is 3. The average molecular weight is 740 g/mol. The molecule has 54 heavy (non-hydrogen) atoms. The molecule has 2 amide bonds. The monoisotopic (exact) mass is 740 g/mol. The van der Waals surface area contributed by atoms with Gasteiger partial charge in [0.05, 0.1) is 24.0 Å². The summed E-state index contributed by atoms with van der Waals surface area (Å²) in [6.07, 6.45) is 20.9. The second-order valence-electron chi connectivity index (χ2n) is 14.6. The van der Waals surface area contributed by atoms with Crippen molar-refractivity contribution in [3.63, 3.8) is 0 Å². The average Bonchev–Trinajstić information content (AvgIpc) is 3.30. The van der Waals surface area contributed by atoms with E-state index in [2.05, 4.69) is 44.5 Å². The summed E-state index contributed by atoms with van der Waals surface area (Å²) in [5.74, 6) is 1.18. The first-order chi connectivity index (χ1) is 26.5. The van der Waals surface area contributed by atoms with Gasteiger partial charge in [-0.05, 0) is 115 Å². The topological polar surface area (TPSA) is 102 Å². The van der Waals surface area contributed by atoms with Gasteiger partial charge < -0.3 is 30.1 Å². The fraction of sp³-hybridized carbons (Fsp3) is 0.545. The number of benzene rings is 2. The van der Waals surface area contributed by atoms with Crippen LogP contribution < -0.4 is 20.3 Å². The molecule has 10 heteroatoms. The second kappa shape index (κ2) is 24.9. The van der Waals surface area contributed by atoms with Crippen molar-refractivity contribution < 1.29 is 14.3 Å². The molecule has 2 heterocycles. The predicted octanol–water partition coefficient (Wildman–Crippen LogP) is 8.35. The third-order valence-corrected chi connectivity index (χ3v) is 10.1. The molecule has 0 fully saturated rings. The molecule has 0 saturated carbocycles. The number of pyridine rings is 1. The molecule has 0 unspecified atom stereocenters. The highest BCUT2D eigenvalue weighted by atomic mass is 16.5. The predicted molar refractivity (Wildman–Crippen MR) is 224 cm³/mol. The summed E-state index contributed by atoms with van der Waals surface area (Å²) in [6.45, 7) is 6.33. The first-order valence-electron chi connectivity index (χ1n) is 20.4. The molecule has 0 atom stereocenters. The molecule has 1 aliphatic rings. The largest absolute Gasteiger partial charge is 0.496 e. The number of hydrogen-bond donors (Lipinski definition) is 2. The van der Waals surface area contributed by atoms with Crippen molar-refractivity contribution in [2.24, 2.45) is 4.99 Å². The number of hydrogen-bond acceptors (Lipinski definition) is 8. The fourth-order valence-corrected chi connectivity index (χ4v) is 6.93. The van der Waals surface area contributed by atoms with E-state index in [1.165, 1.54) is 90.3 Å². The molecule has 2 N–H and O–H groups in total. The fourth-order valence-electron chi connectivity index (χ4n) is 6.93. The Labute approximate surface area is 324 Å². The summed E-state index contributed by atoms with van der Waals surface area (Å²) < 4.78 is 5.38. The molecular weight excluding hydrogens is 675 g/mol. The van der Waals surface area contributed by atoms with E-state index in [-0.39, 0.29) is 18.4 Å². The van der Waals surface area contributed by atoms with Gasteiger partial charge in [-0.15, -0.1) is 0 Å². The number of carbonyl (C=O) groups is 2. The van der Waals surface area contributed by atoms with Gasteiger partial charge in [0.2, 0.25) is 5.91 Å². The van der Waals surface area contributed by atoms with Gasteiger partial charge >= 0.3 is 0 Å². The Bertz CT molecular complexity index is 1560. The summed E-state index contributed by atoms with van der Waals surface area (Å²) >= 11 is 0. The van der Waals surface area contributed by atoms with Crippen LogP contribution in [-0.2, 0) is 4.79 Å². The third-order valence-electron chi connectivity index (χ3n) is 10.1. The molecule has 10 nitrogen and oxygen atoms in total. The maximum Gasteiger partial charge on any atom is 0.257 e. The maximum absolute atomic E-state index is 12.9. The molecule has 3 aromatic rings. The lowest BCUT2D eigenvalue weighted by atomic mass is 10.1. The van der Waals surface area contributed by atoms with Gasteiger partial charge in [0, 0.05) is 31.1 Å². The first-order valence-corrected chi connectivity index (χ1v) is 20.4. The van der Waals surface area contributed by atoms with Crippen LogP contribution >= 0.6 is 0 Å². The number of aliphatic imine (C=N–C) groups is 1. The lowest BCUT2D eigenvalue weighted by molar-refractivity contribution is -0.119. The molecular formula is C44H65N7O3. The van der Waals surface area contributed by atoms with E-state index in [9.17, 15) is 9.59 Å². The van der Waals surface area contributed by atoms with Crippen LogP contribution in [0.4, 0.5) is 17.2 Å². The number of nitrogens with one attached hydrogen (secondary N) is 2. The minimum absolute atomic E-state index is 0.0794. The van der Waals surface area contributed by atoms with E-state index in [4.69, 9.17) is 4.74 Å². The van der Waals surface area contributed by atoms with E-state index in [0.29, 0.717) is 29.3 Å². The van der Waals surface area contributed by atoms with E-state index < -0.39 is 0 Å². The molecule has 0 bridgehead atoms. The van der Waals surface area contributed by atoms with Crippen LogP contribution in [0.3, 0.4) is 0 Å². The van der Waals surface area contributed by atoms with Gasteiger partial charge in [-0.3, -0.25) is 14.6 Å². The van der Waals surface area contributed by atoms with Crippen molar-refractivity contribution in [1.29, 1.82) is 0 Å². The van der Waals surface area contributed by atoms with Crippen molar-refractivity contribution in [2.45, 2.75) is 89.9 Å². The Balaban J connectivity index is 0.922. The number of amides is 2. The standard InChI is InChI=1S/C44H65N7O3/c1-49(33-20-10-6-16-28-45-35-37-23-12-15-27-41(37)54-3)31-18-8-4-5-9-19-32-50(2)34-21-11-7-17-29-46-42(52)36-51-40-26-14-13-24-38(40)44(53)48-39-25-22-30-47-43(39)51/h12-15,22-27,30,35H,4-11,16-21,28-29,31-34,36H2,1-3H3,(H,46,52)(H,48,53). The van der Waals surface area contributed by atoms with E-state index >= 15 is 0 Å². The molecule has 2 aromatic carbocycles. The zero-order chi connectivity index (χ0) is 38.2. The first kappa shape index (κ1) is 42.5. The zero-order valence-electron chi connectivity index (χ0n) is 33.2. The molecule has 4 rings (SSSR count). The van der Waals surface area contributed by atoms with Gasteiger partial charge in [-0.1, -0.05) is 75.6 Å². The number of para-hydroxylation sites is 2. The lowest BCUT2D eigenvalue weighted by Gasteiger charge is -2.24. The highest BCUT2D eigenvalue weighted by Gasteiger charge is 2.27. The number of methoxy groups -OCH3 is 1. The van der Waals surface area contributed by atoms with Gasteiger partial charge in [0.15, 0.2) is 5.82 Å². The van der Waals surface area contributed by atoms with Crippen LogP contribution in [0.1, 0.15) is 106 Å². The van der Waals surface area contributed by atoms with Crippen LogP contribution in [0.25, 0.3) is 0 Å². The van der Waals surface area contributed by atoms with Crippen molar-refractivity contribution >= 4 is 35.2 Å². The normalized spacial score (nSPS) is 12.5. The number of unbranched alkanes of at least 4 members (excludes halogenated alkanes) is 11. The van der Waals surface area contributed by atoms with E-state index in [1.807, 2.05) is 59.6 Å². The van der Waals surface area contributed by atoms with Crippen molar-refractivity contribution in [1.82, 2.24) is 20.1 Å². The number of fused-ring (bicyclic) bond motifs is 2. The third kappa shape index (κ3) is 15.2. The Hall–Kier alpha value is -4.28. The number of ether oxygens (including phenoxy) is 1. The van der Waals surface area contributed by atoms with Gasteiger partial charge in [0.1, 0.15) is 12.3 Å². The molecule has 0 spiro atoms. The smallest absolute Gasteiger partial charge is 0.257 e. The van der Waals surface area contributed by atoms with Crippen LogP contribution in [-0.4, -0.2) is 99.8 Å². The molecule has 294 valence electrons. The number of rotatable bonds is 27. The number of nitrogens with zero attached hydrogens (tertiary/aromatic N) is 5. The molecule has 0 saturated heterocycles. The van der Waals surface area contributed by atoms with E-state index in [1.54, 1.807) is 25.4 Å². The minimum Gasteiger partial charge on any atom is -0.496 e. The van der Waals surface area contributed by atoms with Crippen molar-refractivity contribution in [3.05, 3.63) is 78.0 Å². The lowest BCUT2D eigenvalue weighted by Crippen LogP contribution is -2.36. The second-order valence-corrected chi connectivity index (χ2v) is 14.6. The van der Waals surface area contributed by atoms with Gasteiger partial charge in [-0.2, -0.15) is 0 Å². The highest BCUT2D eigenvalue weighted by molar-refractivity contribution is 6.12. The summed E-state index contributed by atoms with van der Waals surface area (Å²) in [5.41, 5.74) is 2.86. The maximum atomic E-state index is 12.9. The Kier molecular flexibility index (Phi) is 19.6. The summed E-state index contributed by atoms with van der Waals surface area (Å²) in [7, 11) is 6.21. The SMILES string of the molecule is COc1ccccc1C=NCCCCCCN(C)CCCCCCCCN(C)CCCCCCNC(=O)CN1c2ccccc2C(=O)Nc2cccnc21. The summed E-state index contributed by atoms with van der Waals surface area (Å²) in [6, 6.07) is 18.9. The summed E-state index contributed by atoms with van der Waals surface area (Å²) in [4.78, 5) is 41.6. The number of aromatic nitrogens is 1. The quantitative estimate of drug-likeness (QED) is 0.0599. The Morgan fingerprint density at radius 2 is 1.37 bits per heavy atom. The van der Waals surface area contributed by atoms with Crippen LogP contribution in [0, 0.1) is 0 Å². The molecule has 1 aromatic heterocycles. The van der Waals surface area contributed by atoms with Crippen molar-refractivity contribution in [2.75, 3.05) is 77.2 Å². The van der Waals surface area contributed by atoms with Crippen LogP contribution in [0.2, 0.25) is 0 Å². The zero-order valence-corrected chi connectivity index (χ0v) is 33.2. The molecule has 0 radical (unpaired) electrons. The van der Waals surface area contributed by atoms with Crippen LogP contribution in [0.5, 0.6) is 5.75 Å². The van der Waals surface area contributed by atoms with Gasteiger partial charge in [-0.25, -0.2) is 4.98 Å². The summed E-state index contributed by atoms with van der Waals surface area (Å²) in [5, 5.41) is 5.99. The van der Waals surface area contributed by atoms with Crippen LogP contribution in [0.15, 0.2) is 71.9 Å². The van der Waals surface area contributed by atoms with Gasteiger partial charge in [0.25, 0.3) is 5.91 Å². The van der Waals surface area contributed by atoms with Crippen molar-refractivity contribution in [3.8, 4) is 5.75 Å². The Morgan fingerprint density at radius 1 is 0.778 bits per heavy atom. The minimum atomic E-state index is -0.198. The van der Waals surface area contributed by atoms with E-state index in [0.717, 1.165) is 43.7 Å². The Morgan fingerprint density at radius 3 is 2.06 bits per heavy atom. The number of carbonyl (C=O) groups excluding carboxylic acids is 2. The molecule has 1 aliphatic heterocycles.